The molecule has 1 aromatic carbocycles. The smallest absolute Gasteiger partial charge is 0.177 e. The van der Waals surface area contributed by atoms with Crippen molar-refractivity contribution in [2.75, 3.05) is 20.8 Å². The Kier molecular flexibility index (Phi) is 3.71. The minimum Gasteiger partial charge on any atom is -0.453 e. The summed E-state index contributed by atoms with van der Waals surface area (Å²) in [6.07, 6.45) is -1.83. The van der Waals surface area contributed by atoms with E-state index in [1.807, 2.05) is 49.7 Å². The normalized spacial score (nSPS) is 15.2. The van der Waals surface area contributed by atoms with Crippen LogP contribution in [0.3, 0.4) is 0 Å². The predicted molar refractivity (Wildman–Crippen MR) is 65.7 cm³/mol. The summed E-state index contributed by atoms with van der Waals surface area (Å²) in [6.45, 7) is 4.03. The van der Waals surface area contributed by atoms with Gasteiger partial charge in [0.1, 0.15) is 5.75 Å². The molecule has 0 aliphatic carbocycles. The monoisotopic (exact) mass is 229 g/mol. The number of rotatable bonds is 3. The number of aryl methyl sites for hydroxylation is 1. The van der Waals surface area contributed by atoms with Gasteiger partial charge in [0.15, 0.2) is 6.42 Å². The highest BCUT2D eigenvalue weighted by molar-refractivity contribution is 8.10. The van der Waals surface area contributed by atoms with Gasteiger partial charge in [-0.15, -0.1) is 0 Å². The molecule has 2 nitrogen and oxygen atoms in total. The number of hydrogen-bond acceptors (Lipinski definition) is 2. The molecular formula is C10H16NOPS. The van der Waals surface area contributed by atoms with Crippen molar-refractivity contribution in [2.24, 2.45) is 0 Å². The third-order valence-corrected chi connectivity index (χ3v) is 5.23. The Morgan fingerprint density at radius 1 is 1.21 bits per heavy atom. The lowest BCUT2D eigenvalue weighted by atomic mass is 10.2. The van der Waals surface area contributed by atoms with Crippen molar-refractivity contribution in [3.05, 3.63) is 29.8 Å². The Bertz CT molecular complexity index is 348. The fraction of sp³-hybridized carbons (Fsp3) is 0.400. The molecule has 1 aromatic rings. The molecule has 0 aliphatic heterocycles. The molecule has 0 bridgehead atoms. The van der Waals surface area contributed by atoms with Crippen molar-refractivity contribution in [1.29, 1.82) is 0 Å². The first-order chi connectivity index (χ1) is 6.42. The van der Waals surface area contributed by atoms with Crippen LogP contribution in [0.5, 0.6) is 5.75 Å². The summed E-state index contributed by atoms with van der Waals surface area (Å²) in [7, 11) is 3.91. The van der Waals surface area contributed by atoms with Crippen LogP contribution in [0.15, 0.2) is 24.3 Å². The van der Waals surface area contributed by atoms with Gasteiger partial charge < -0.3 is 4.52 Å². The van der Waals surface area contributed by atoms with E-state index in [-0.39, 0.29) is 0 Å². The van der Waals surface area contributed by atoms with Crippen LogP contribution in [0.25, 0.3) is 0 Å². The molecule has 0 fully saturated rings. The fourth-order valence-electron chi connectivity index (χ4n) is 0.876. The lowest BCUT2D eigenvalue weighted by molar-refractivity contribution is 0.532. The van der Waals surface area contributed by atoms with Gasteiger partial charge in [-0.2, -0.15) is 0 Å². The van der Waals surface area contributed by atoms with Crippen molar-refractivity contribution in [3.63, 3.8) is 0 Å². The summed E-state index contributed by atoms with van der Waals surface area (Å²) in [6, 6.07) is 7.98. The molecule has 78 valence electrons. The Morgan fingerprint density at radius 3 is 2.14 bits per heavy atom. The van der Waals surface area contributed by atoms with Gasteiger partial charge >= 0.3 is 0 Å². The van der Waals surface area contributed by atoms with E-state index in [1.165, 1.54) is 5.56 Å². The largest absolute Gasteiger partial charge is 0.453 e. The molecule has 1 unspecified atom stereocenters. The van der Waals surface area contributed by atoms with Crippen LogP contribution in [0.4, 0.5) is 0 Å². The third kappa shape index (κ3) is 3.09. The van der Waals surface area contributed by atoms with Crippen LogP contribution in [-0.4, -0.2) is 25.4 Å². The zero-order valence-electron chi connectivity index (χ0n) is 9.02. The Hall–Kier alpha value is -0.370. The number of hydrogen-bond donors (Lipinski definition) is 0. The SMILES string of the molecule is Cc1ccc(OP(C)(=S)N(C)C)cc1. The standard InChI is InChI=1S/C10H16NOPS/c1-9-5-7-10(8-6-9)12-13(4,14)11(2)3/h5-8H,1-4H3. The maximum atomic E-state index is 5.77. The molecule has 1 atom stereocenters. The lowest BCUT2D eigenvalue weighted by Crippen LogP contribution is -2.11. The number of nitrogens with zero attached hydrogens (tertiary/aromatic N) is 1. The summed E-state index contributed by atoms with van der Waals surface area (Å²) in [5.74, 6) is 0.857. The Morgan fingerprint density at radius 2 is 1.71 bits per heavy atom. The number of benzene rings is 1. The van der Waals surface area contributed by atoms with Gasteiger partial charge in [-0.25, -0.2) is 0 Å². The molecular weight excluding hydrogens is 213 g/mol. The highest BCUT2D eigenvalue weighted by atomic mass is 32.4. The van der Waals surface area contributed by atoms with Crippen LogP contribution in [0.2, 0.25) is 0 Å². The van der Waals surface area contributed by atoms with Gasteiger partial charge in [0.2, 0.25) is 0 Å². The van der Waals surface area contributed by atoms with Gasteiger partial charge in [-0.05, 0) is 45.0 Å². The molecule has 0 radical (unpaired) electrons. The molecule has 4 heteroatoms. The van der Waals surface area contributed by atoms with Crippen molar-refractivity contribution in [1.82, 2.24) is 4.67 Å². The third-order valence-electron chi connectivity index (χ3n) is 2.02. The first kappa shape index (κ1) is 11.7. The summed E-state index contributed by atoms with van der Waals surface area (Å²) >= 11 is 5.40. The van der Waals surface area contributed by atoms with E-state index in [0.717, 1.165) is 5.75 Å². The predicted octanol–water partition coefficient (Wildman–Crippen LogP) is 2.87. The molecule has 0 aromatic heterocycles. The molecule has 0 saturated carbocycles. The van der Waals surface area contributed by atoms with Gasteiger partial charge in [0, 0.05) is 6.66 Å². The van der Waals surface area contributed by atoms with Crippen molar-refractivity contribution in [3.8, 4) is 5.75 Å². The summed E-state index contributed by atoms with van der Waals surface area (Å²) < 4.78 is 7.74. The molecule has 0 saturated heterocycles. The lowest BCUT2D eigenvalue weighted by Gasteiger charge is -2.25. The van der Waals surface area contributed by atoms with Crippen molar-refractivity contribution in [2.45, 2.75) is 6.92 Å². The maximum Gasteiger partial charge on any atom is 0.177 e. The zero-order valence-corrected chi connectivity index (χ0v) is 10.7. The van der Waals surface area contributed by atoms with Crippen LogP contribution < -0.4 is 4.52 Å². The van der Waals surface area contributed by atoms with Gasteiger partial charge in [0.25, 0.3) is 0 Å². The minimum atomic E-state index is -1.83. The molecule has 14 heavy (non-hydrogen) atoms. The summed E-state index contributed by atoms with van der Waals surface area (Å²) in [5, 5.41) is 0. The highest BCUT2D eigenvalue weighted by Gasteiger charge is 2.14. The van der Waals surface area contributed by atoms with Gasteiger partial charge in [-0.1, -0.05) is 17.7 Å². The van der Waals surface area contributed by atoms with Crippen molar-refractivity contribution < 1.29 is 4.52 Å². The quantitative estimate of drug-likeness (QED) is 0.739. The first-order valence-corrected chi connectivity index (χ1v) is 7.55. The van der Waals surface area contributed by atoms with Gasteiger partial charge in [-0.3, -0.25) is 4.67 Å². The minimum absolute atomic E-state index is 0.857. The second-order valence-corrected chi connectivity index (χ2v) is 8.18. The van der Waals surface area contributed by atoms with E-state index in [2.05, 4.69) is 6.92 Å². The second kappa shape index (κ2) is 4.43. The van der Waals surface area contributed by atoms with E-state index in [4.69, 9.17) is 16.3 Å². The molecule has 1 rings (SSSR count). The van der Waals surface area contributed by atoms with Crippen LogP contribution in [0.1, 0.15) is 5.56 Å². The molecule has 0 spiro atoms. The van der Waals surface area contributed by atoms with Crippen LogP contribution >= 0.6 is 6.42 Å². The second-order valence-electron chi connectivity index (χ2n) is 3.55. The zero-order chi connectivity index (χ0) is 10.8. The van der Waals surface area contributed by atoms with Gasteiger partial charge in [0.05, 0.1) is 0 Å². The fourth-order valence-corrected chi connectivity index (χ4v) is 1.81. The molecule has 0 N–H and O–H groups in total. The average molecular weight is 229 g/mol. The molecule has 0 amide bonds. The Balaban J connectivity index is 2.79. The van der Waals surface area contributed by atoms with Crippen molar-refractivity contribution >= 4 is 18.2 Å². The maximum absolute atomic E-state index is 5.77. The van der Waals surface area contributed by atoms with E-state index in [0.29, 0.717) is 0 Å². The Labute approximate surface area is 91.0 Å². The molecule has 0 aliphatic rings. The summed E-state index contributed by atoms with van der Waals surface area (Å²) in [4.78, 5) is 0. The molecule has 0 heterocycles. The average Bonchev–Trinajstić information content (AvgIpc) is 2.08. The van der Waals surface area contributed by atoms with E-state index >= 15 is 0 Å². The van der Waals surface area contributed by atoms with E-state index < -0.39 is 6.42 Å². The highest BCUT2D eigenvalue weighted by Crippen LogP contribution is 2.45. The van der Waals surface area contributed by atoms with E-state index in [9.17, 15) is 0 Å². The summed E-state index contributed by atoms with van der Waals surface area (Å²) in [5.41, 5.74) is 1.23. The van der Waals surface area contributed by atoms with Crippen LogP contribution in [0, 0.1) is 6.92 Å². The topological polar surface area (TPSA) is 12.5 Å². The van der Waals surface area contributed by atoms with Crippen LogP contribution in [-0.2, 0) is 11.8 Å². The first-order valence-electron chi connectivity index (χ1n) is 4.43. The van der Waals surface area contributed by atoms with E-state index in [1.54, 1.807) is 0 Å².